The summed E-state index contributed by atoms with van der Waals surface area (Å²) in [7, 11) is 1.46. The molecule has 0 aliphatic carbocycles. The highest BCUT2D eigenvalue weighted by molar-refractivity contribution is 5.73. The van der Waals surface area contributed by atoms with Gasteiger partial charge in [0.2, 0.25) is 5.91 Å². The van der Waals surface area contributed by atoms with E-state index >= 15 is 0 Å². The van der Waals surface area contributed by atoms with Crippen molar-refractivity contribution in [2.75, 3.05) is 13.7 Å². The zero-order valence-electron chi connectivity index (χ0n) is 13.0. The summed E-state index contributed by atoms with van der Waals surface area (Å²) in [4.78, 5) is 11.4. The van der Waals surface area contributed by atoms with Crippen LogP contribution in [0.5, 0.6) is 0 Å². The lowest BCUT2D eigenvalue weighted by molar-refractivity contribution is -0.341. The van der Waals surface area contributed by atoms with Gasteiger partial charge in [0.05, 0.1) is 6.61 Å². The Morgan fingerprint density at radius 3 is 2.70 bits per heavy atom. The lowest BCUT2D eigenvalue weighted by Crippen LogP contribution is -2.66. The van der Waals surface area contributed by atoms with E-state index in [9.17, 15) is 9.90 Å². The summed E-state index contributed by atoms with van der Waals surface area (Å²) in [5.74, 6) is -0.273. The van der Waals surface area contributed by atoms with Crippen molar-refractivity contribution in [1.29, 1.82) is 0 Å². The number of fused-ring (bicyclic) bond motifs is 1. The molecule has 2 heterocycles. The first-order valence-electron chi connectivity index (χ1n) is 7.55. The number of aliphatic hydroxyl groups excluding tert-OH is 1. The number of rotatable bonds is 3. The molecule has 0 radical (unpaired) electrons. The van der Waals surface area contributed by atoms with E-state index in [0.29, 0.717) is 0 Å². The van der Waals surface area contributed by atoms with Gasteiger partial charge in [0, 0.05) is 19.6 Å². The standard InChI is InChI=1S/C16H21NO6/c1-9(18)17-12-13(19)14-11(22-16(12)20-2)8-21-15(23-14)10-6-4-3-5-7-10/h3-7,11-16,19H,8H2,1-2H3,(H,17,18)/t11-,12-,13-,14-,15+,16-/m0/s1. The number of hydrogen-bond acceptors (Lipinski definition) is 6. The summed E-state index contributed by atoms with van der Waals surface area (Å²) in [6, 6.07) is 8.78. The number of hydrogen-bond donors (Lipinski definition) is 2. The first-order valence-corrected chi connectivity index (χ1v) is 7.55. The van der Waals surface area contributed by atoms with Gasteiger partial charge in [-0.1, -0.05) is 30.3 Å². The SMILES string of the molecule is CO[C@H]1O[C@H]2CO[C@@H](c3ccccc3)O[C@@H]2[C@@H](O)[C@@H]1NC(C)=O. The molecule has 0 bridgehead atoms. The van der Waals surface area contributed by atoms with Crippen molar-refractivity contribution in [2.24, 2.45) is 0 Å². The second-order valence-electron chi connectivity index (χ2n) is 5.67. The lowest BCUT2D eigenvalue weighted by atomic mass is 9.95. The summed E-state index contributed by atoms with van der Waals surface area (Å²) in [5, 5.41) is 13.3. The quantitative estimate of drug-likeness (QED) is 0.834. The van der Waals surface area contributed by atoms with E-state index in [1.54, 1.807) is 0 Å². The van der Waals surface area contributed by atoms with Crippen molar-refractivity contribution in [3.8, 4) is 0 Å². The molecule has 1 aromatic rings. The van der Waals surface area contributed by atoms with Crippen molar-refractivity contribution < 1.29 is 28.8 Å². The number of methoxy groups -OCH3 is 1. The molecule has 0 aromatic heterocycles. The fourth-order valence-electron chi connectivity index (χ4n) is 2.96. The van der Waals surface area contributed by atoms with Crippen LogP contribution in [-0.2, 0) is 23.7 Å². The first kappa shape index (κ1) is 16.4. The van der Waals surface area contributed by atoms with E-state index in [1.165, 1.54) is 14.0 Å². The van der Waals surface area contributed by atoms with Crippen LogP contribution in [0, 0.1) is 0 Å². The van der Waals surface area contributed by atoms with Crippen molar-refractivity contribution in [1.82, 2.24) is 5.32 Å². The van der Waals surface area contributed by atoms with Gasteiger partial charge in [-0.3, -0.25) is 4.79 Å². The molecule has 1 amide bonds. The molecular weight excluding hydrogens is 302 g/mol. The van der Waals surface area contributed by atoms with Crippen LogP contribution in [0.1, 0.15) is 18.8 Å². The Balaban J connectivity index is 1.76. The zero-order chi connectivity index (χ0) is 16.4. The number of benzene rings is 1. The Hall–Kier alpha value is -1.51. The van der Waals surface area contributed by atoms with Gasteiger partial charge in [0.1, 0.15) is 24.4 Å². The number of ether oxygens (including phenoxy) is 4. The van der Waals surface area contributed by atoms with Crippen LogP contribution < -0.4 is 5.32 Å². The Kier molecular flexibility index (Phi) is 4.93. The van der Waals surface area contributed by atoms with Crippen molar-refractivity contribution in [3.05, 3.63) is 35.9 Å². The maximum atomic E-state index is 11.4. The second-order valence-corrected chi connectivity index (χ2v) is 5.67. The molecule has 2 N–H and O–H groups in total. The van der Waals surface area contributed by atoms with Crippen LogP contribution in [0.25, 0.3) is 0 Å². The molecule has 2 aliphatic heterocycles. The second kappa shape index (κ2) is 6.94. The zero-order valence-corrected chi connectivity index (χ0v) is 13.0. The van der Waals surface area contributed by atoms with Crippen molar-refractivity contribution in [3.63, 3.8) is 0 Å². The molecule has 3 rings (SSSR count). The highest BCUT2D eigenvalue weighted by Gasteiger charge is 2.49. The minimum Gasteiger partial charge on any atom is -0.388 e. The largest absolute Gasteiger partial charge is 0.388 e. The fraction of sp³-hybridized carbons (Fsp3) is 0.562. The number of amides is 1. The van der Waals surface area contributed by atoms with E-state index in [-0.39, 0.29) is 12.5 Å². The summed E-state index contributed by atoms with van der Waals surface area (Å²) in [5.41, 5.74) is 0.864. The normalized spacial score (nSPS) is 37.0. The third-order valence-corrected chi connectivity index (χ3v) is 4.04. The molecule has 2 fully saturated rings. The molecule has 0 spiro atoms. The first-order chi connectivity index (χ1) is 11.1. The summed E-state index contributed by atoms with van der Waals surface area (Å²) in [6.45, 7) is 1.65. The van der Waals surface area contributed by atoms with Crippen LogP contribution in [0.15, 0.2) is 30.3 Å². The molecule has 6 atom stereocenters. The van der Waals surface area contributed by atoms with Gasteiger partial charge in [-0.2, -0.15) is 0 Å². The average Bonchev–Trinajstić information content (AvgIpc) is 2.57. The highest BCUT2D eigenvalue weighted by atomic mass is 16.7. The molecule has 0 saturated carbocycles. The van der Waals surface area contributed by atoms with Gasteiger partial charge in [0.15, 0.2) is 12.6 Å². The van der Waals surface area contributed by atoms with Crippen LogP contribution in [0.2, 0.25) is 0 Å². The van der Waals surface area contributed by atoms with E-state index in [0.717, 1.165) is 5.56 Å². The third-order valence-electron chi connectivity index (χ3n) is 4.04. The van der Waals surface area contributed by atoms with E-state index in [1.807, 2.05) is 30.3 Å². The monoisotopic (exact) mass is 323 g/mol. The van der Waals surface area contributed by atoms with Gasteiger partial charge < -0.3 is 29.4 Å². The third kappa shape index (κ3) is 3.39. The molecule has 0 unspecified atom stereocenters. The maximum absolute atomic E-state index is 11.4. The Morgan fingerprint density at radius 1 is 1.30 bits per heavy atom. The minimum absolute atomic E-state index is 0.272. The minimum atomic E-state index is -0.960. The van der Waals surface area contributed by atoms with Crippen molar-refractivity contribution in [2.45, 2.75) is 43.9 Å². The van der Waals surface area contributed by atoms with Crippen LogP contribution in [0.4, 0.5) is 0 Å². The van der Waals surface area contributed by atoms with E-state index < -0.39 is 36.9 Å². The van der Waals surface area contributed by atoms with Gasteiger partial charge in [0.25, 0.3) is 0 Å². The van der Waals surface area contributed by atoms with Gasteiger partial charge in [-0.05, 0) is 0 Å². The average molecular weight is 323 g/mol. The maximum Gasteiger partial charge on any atom is 0.217 e. The predicted molar refractivity (Wildman–Crippen MR) is 79.3 cm³/mol. The number of carbonyl (C=O) groups is 1. The Morgan fingerprint density at radius 2 is 2.04 bits per heavy atom. The fourth-order valence-corrected chi connectivity index (χ4v) is 2.96. The highest BCUT2D eigenvalue weighted by Crippen LogP contribution is 2.34. The Bertz CT molecular complexity index is 539. The van der Waals surface area contributed by atoms with Gasteiger partial charge in [-0.25, -0.2) is 0 Å². The molecule has 7 nitrogen and oxygen atoms in total. The lowest BCUT2D eigenvalue weighted by Gasteiger charge is -2.47. The topological polar surface area (TPSA) is 86.2 Å². The summed E-state index contributed by atoms with van der Waals surface area (Å²) < 4.78 is 22.6. The van der Waals surface area contributed by atoms with Crippen molar-refractivity contribution >= 4 is 5.91 Å². The van der Waals surface area contributed by atoms with Gasteiger partial charge in [-0.15, -0.1) is 0 Å². The Labute approximate surface area is 134 Å². The molecule has 7 heteroatoms. The molecule has 126 valence electrons. The van der Waals surface area contributed by atoms with E-state index in [2.05, 4.69) is 5.32 Å². The molecule has 2 aliphatic rings. The molecular formula is C16H21NO6. The molecule has 1 aromatic carbocycles. The smallest absolute Gasteiger partial charge is 0.217 e. The van der Waals surface area contributed by atoms with Crippen LogP contribution in [-0.4, -0.2) is 55.4 Å². The number of carbonyl (C=O) groups excluding carboxylic acids is 1. The summed E-state index contributed by atoms with van der Waals surface area (Å²) >= 11 is 0. The molecule has 23 heavy (non-hydrogen) atoms. The van der Waals surface area contributed by atoms with E-state index in [4.69, 9.17) is 18.9 Å². The van der Waals surface area contributed by atoms with Crippen LogP contribution >= 0.6 is 0 Å². The van der Waals surface area contributed by atoms with Gasteiger partial charge >= 0.3 is 0 Å². The van der Waals surface area contributed by atoms with Crippen LogP contribution in [0.3, 0.4) is 0 Å². The number of nitrogens with one attached hydrogen (secondary N) is 1. The molecule has 2 saturated heterocycles. The number of aliphatic hydroxyl groups is 1. The predicted octanol–water partition coefficient (Wildman–Crippen LogP) is 0.337. The summed E-state index contributed by atoms with van der Waals surface area (Å²) in [6.07, 6.45) is -3.36.